The molecule has 0 aliphatic carbocycles. The summed E-state index contributed by atoms with van der Waals surface area (Å²) >= 11 is 0. The molecule has 22 heavy (non-hydrogen) atoms. The third-order valence-corrected chi connectivity index (χ3v) is 3.32. The molecule has 1 heterocycles. The number of benzene rings is 2. The summed E-state index contributed by atoms with van der Waals surface area (Å²) in [5, 5.41) is 10.7. The lowest BCUT2D eigenvalue weighted by atomic mass is 10.1. The maximum atomic E-state index is 12.7. The van der Waals surface area contributed by atoms with E-state index in [1.807, 2.05) is 6.92 Å². The molecular formula is C17H15NO4. The fourth-order valence-electron chi connectivity index (χ4n) is 2.31. The first-order valence-corrected chi connectivity index (χ1v) is 6.89. The number of ketones is 1. The number of hydrogen-bond donors (Lipinski definition) is 2. The number of furan rings is 1. The van der Waals surface area contributed by atoms with Crippen molar-refractivity contribution in [2.75, 3.05) is 12.3 Å². The highest BCUT2D eigenvalue weighted by Gasteiger charge is 2.24. The largest absolute Gasteiger partial charge is 0.504 e. The van der Waals surface area contributed by atoms with Crippen LogP contribution in [0.1, 0.15) is 23.0 Å². The van der Waals surface area contributed by atoms with Crippen molar-refractivity contribution < 1.29 is 19.1 Å². The van der Waals surface area contributed by atoms with Gasteiger partial charge >= 0.3 is 0 Å². The third-order valence-electron chi connectivity index (χ3n) is 3.32. The van der Waals surface area contributed by atoms with Gasteiger partial charge in [0, 0.05) is 5.69 Å². The predicted molar refractivity (Wildman–Crippen MR) is 83.3 cm³/mol. The monoisotopic (exact) mass is 297 g/mol. The summed E-state index contributed by atoms with van der Waals surface area (Å²) in [5.41, 5.74) is 6.92. The average molecular weight is 297 g/mol. The van der Waals surface area contributed by atoms with Gasteiger partial charge in [0.2, 0.25) is 11.5 Å². The van der Waals surface area contributed by atoms with Gasteiger partial charge in [0.15, 0.2) is 5.75 Å². The molecule has 0 bridgehead atoms. The molecule has 5 nitrogen and oxygen atoms in total. The average Bonchev–Trinajstić information content (AvgIpc) is 2.84. The van der Waals surface area contributed by atoms with Gasteiger partial charge in [-0.3, -0.25) is 4.79 Å². The Kier molecular flexibility index (Phi) is 3.47. The molecule has 2 aromatic carbocycles. The minimum atomic E-state index is -0.434. The summed E-state index contributed by atoms with van der Waals surface area (Å²) in [5.74, 6) is -0.308. The van der Waals surface area contributed by atoms with Crippen LogP contribution in [0.25, 0.3) is 11.0 Å². The zero-order valence-electron chi connectivity index (χ0n) is 12.0. The number of anilines is 1. The summed E-state index contributed by atoms with van der Waals surface area (Å²) in [7, 11) is 0. The Morgan fingerprint density at radius 1 is 1.27 bits per heavy atom. The number of nitrogen functional groups attached to an aromatic ring is 1. The van der Waals surface area contributed by atoms with Crippen LogP contribution in [0.2, 0.25) is 0 Å². The quantitative estimate of drug-likeness (QED) is 0.569. The number of fused-ring (bicyclic) bond motifs is 1. The van der Waals surface area contributed by atoms with Crippen molar-refractivity contribution >= 4 is 22.4 Å². The fraction of sp³-hybridized carbons (Fsp3) is 0.118. The molecule has 0 spiro atoms. The highest BCUT2D eigenvalue weighted by Crippen LogP contribution is 2.35. The van der Waals surface area contributed by atoms with Crippen molar-refractivity contribution in [3.05, 3.63) is 53.8 Å². The van der Waals surface area contributed by atoms with Crippen molar-refractivity contribution in [2.24, 2.45) is 0 Å². The first-order chi connectivity index (χ1) is 10.6. The molecule has 0 aliphatic heterocycles. The molecule has 0 unspecified atom stereocenters. The summed E-state index contributed by atoms with van der Waals surface area (Å²) in [6.45, 7) is 2.27. The van der Waals surface area contributed by atoms with Crippen LogP contribution in [0.15, 0.2) is 46.9 Å². The Labute approximate surface area is 126 Å². The minimum Gasteiger partial charge on any atom is -0.504 e. The van der Waals surface area contributed by atoms with E-state index in [4.69, 9.17) is 14.9 Å². The molecule has 112 valence electrons. The lowest BCUT2D eigenvalue weighted by Gasteiger charge is -2.07. The predicted octanol–water partition coefficient (Wildman–Crippen LogP) is 3.35. The number of ether oxygens (including phenoxy) is 1. The van der Waals surface area contributed by atoms with E-state index < -0.39 is 5.78 Å². The summed E-state index contributed by atoms with van der Waals surface area (Å²) in [6, 6.07) is 11.7. The number of carbonyl (C=O) groups excluding carboxylic acids is 1. The highest BCUT2D eigenvalue weighted by atomic mass is 16.5. The zero-order chi connectivity index (χ0) is 15.7. The first kappa shape index (κ1) is 14.0. The number of para-hydroxylation sites is 1. The van der Waals surface area contributed by atoms with Crippen molar-refractivity contribution in [1.29, 1.82) is 0 Å². The molecule has 1 aromatic heterocycles. The van der Waals surface area contributed by atoms with Crippen LogP contribution in [0.5, 0.6) is 11.5 Å². The summed E-state index contributed by atoms with van der Waals surface area (Å²) in [6.07, 6.45) is 0. The van der Waals surface area contributed by atoms with Gasteiger partial charge in [0.05, 0.1) is 17.6 Å². The number of carbonyl (C=O) groups is 1. The van der Waals surface area contributed by atoms with E-state index in [0.29, 0.717) is 34.6 Å². The topological polar surface area (TPSA) is 85.7 Å². The van der Waals surface area contributed by atoms with Crippen LogP contribution in [0, 0.1) is 0 Å². The number of hydrogen-bond acceptors (Lipinski definition) is 5. The first-order valence-electron chi connectivity index (χ1n) is 6.89. The van der Waals surface area contributed by atoms with Crippen LogP contribution in [0.3, 0.4) is 0 Å². The normalized spacial score (nSPS) is 10.8. The Morgan fingerprint density at radius 3 is 2.82 bits per heavy atom. The number of aromatic hydroxyl groups is 1. The molecule has 0 radical (unpaired) electrons. The Balaban J connectivity index is 2.12. The van der Waals surface area contributed by atoms with Gasteiger partial charge in [-0.15, -0.1) is 0 Å². The fourth-order valence-corrected chi connectivity index (χ4v) is 2.31. The van der Waals surface area contributed by atoms with Crippen molar-refractivity contribution in [2.45, 2.75) is 6.92 Å². The molecule has 3 aromatic rings. The Morgan fingerprint density at radius 2 is 2.05 bits per heavy atom. The van der Waals surface area contributed by atoms with Gasteiger partial charge < -0.3 is 20.0 Å². The van der Waals surface area contributed by atoms with Gasteiger partial charge in [-0.25, -0.2) is 0 Å². The van der Waals surface area contributed by atoms with Gasteiger partial charge in [-0.2, -0.15) is 0 Å². The molecule has 0 fully saturated rings. The van der Waals surface area contributed by atoms with E-state index in [2.05, 4.69) is 0 Å². The molecule has 0 saturated carbocycles. The molecule has 0 atom stereocenters. The maximum Gasteiger partial charge on any atom is 0.235 e. The second-order valence-electron chi connectivity index (χ2n) is 4.79. The zero-order valence-corrected chi connectivity index (χ0v) is 12.0. The second kappa shape index (κ2) is 5.44. The van der Waals surface area contributed by atoms with E-state index in [1.165, 1.54) is 0 Å². The van der Waals surface area contributed by atoms with Crippen molar-refractivity contribution in [1.82, 2.24) is 0 Å². The van der Waals surface area contributed by atoms with Gasteiger partial charge in [-0.1, -0.05) is 12.1 Å². The maximum absolute atomic E-state index is 12.7. The molecule has 0 saturated heterocycles. The van der Waals surface area contributed by atoms with E-state index >= 15 is 0 Å². The summed E-state index contributed by atoms with van der Waals surface area (Å²) in [4.78, 5) is 12.7. The van der Waals surface area contributed by atoms with Crippen LogP contribution in [-0.2, 0) is 0 Å². The molecule has 3 N–H and O–H groups in total. The number of nitrogens with two attached hydrogens (primary N) is 1. The summed E-state index contributed by atoms with van der Waals surface area (Å²) < 4.78 is 10.9. The molecule has 0 aliphatic rings. The molecular weight excluding hydrogens is 282 g/mol. The van der Waals surface area contributed by atoms with Gasteiger partial charge in [-0.05, 0) is 37.3 Å². The van der Waals surface area contributed by atoms with Crippen molar-refractivity contribution in [3.8, 4) is 11.5 Å². The number of rotatable bonds is 4. The van der Waals surface area contributed by atoms with Crippen LogP contribution in [-0.4, -0.2) is 17.5 Å². The highest BCUT2D eigenvalue weighted by molar-refractivity contribution is 6.13. The van der Waals surface area contributed by atoms with Crippen LogP contribution in [0.4, 0.5) is 5.69 Å². The van der Waals surface area contributed by atoms with E-state index in [9.17, 15) is 9.90 Å². The third kappa shape index (κ3) is 2.26. The van der Waals surface area contributed by atoms with Crippen molar-refractivity contribution in [3.63, 3.8) is 0 Å². The Bertz CT molecular complexity index is 851. The van der Waals surface area contributed by atoms with Crippen LogP contribution < -0.4 is 10.5 Å². The molecule has 3 rings (SSSR count). The smallest absolute Gasteiger partial charge is 0.235 e. The van der Waals surface area contributed by atoms with Gasteiger partial charge in [0.1, 0.15) is 11.3 Å². The van der Waals surface area contributed by atoms with Gasteiger partial charge in [0.25, 0.3) is 0 Å². The lowest BCUT2D eigenvalue weighted by molar-refractivity contribution is 0.100. The molecule has 0 amide bonds. The second-order valence-corrected chi connectivity index (χ2v) is 4.79. The standard InChI is InChI=1S/C17H15NO4/c1-2-21-13-6-4-3-5-11(13)15(19)17-16(20)12-9-10(18)7-8-14(12)22-17/h3-9,20H,2,18H2,1H3. The molecule has 5 heteroatoms. The minimum absolute atomic E-state index is 0.118. The van der Waals surface area contributed by atoms with E-state index in [0.717, 1.165) is 0 Å². The van der Waals surface area contributed by atoms with E-state index in [1.54, 1.807) is 42.5 Å². The SMILES string of the molecule is CCOc1ccccc1C(=O)c1oc2ccc(N)cc2c1O. The lowest BCUT2D eigenvalue weighted by Crippen LogP contribution is -2.04. The van der Waals surface area contributed by atoms with Crippen LogP contribution >= 0.6 is 0 Å². The Hall–Kier alpha value is -2.95. The van der Waals surface area contributed by atoms with E-state index in [-0.39, 0.29) is 11.5 Å².